The predicted octanol–water partition coefficient (Wildman–Crippen LogP) is 3.11. The summed E-state index contributed by atoms with van der Waals surface area (Å²) in [7, 11) is 0. The summed E-state index contributed by atoms with van der Waals surface area (Å²) in [5.41, 5.74) is 1.71. The number of carbonyl (C=O) groups excluding carboxylic acids is 1. The Hall–Kier alpha value is -1.06. The number of hydrogen-bond acceptors (Lipinski definition) is 2. The van der Waals surface area contributed by atoms with E-state index in [1.165, 1.54) is 0 Å². The Kier molecular flexibility index (Phi) is 5.44. The predicted molar refractivity (Wildman–Crippen MR) is 83.4 cm³/mol. The van der Waals surface area contributed by atoms with E-state index in [2.05, 4.69) is 12.2 Å². The van der Waals surface area contributed by atoms with Crippen LogP contribution in [0.3, 0.4) is 0 Å². The van der Waals surface area contributed by atoms with Crippen molar-refractivity contribution in [2.75, 3.05) is 26.2 Å². The topological polar surface area (TPSA) is 32.3 Å². The molecule has 0 aliphatic carbocycles. The highest BCUT2D eigenvalue weighted by molar-refractivity contribution is 6.31. The lowest BCUT2D eigenvalue weighted by atomic mass is 9.96. The average molecular weight is 295 g/mol. The van der Waals surface area contributed by atoms with Crippen LogP contribution < -0.4 is 5.32 Å². The van der Waals surface area contributed by atoms with Crippen LogP contribution in [-0.2, 0) is 0 Å². The van der Waals surface area contributed by atoms with Crippen molar-refractivity contribution in [3.63, 3.8) is 0 Å². The highest BCUT2D eigenvalue weighted by atomic mass is 35.5. The summed E-state index contributed by atoms with van der Waals surface area (Å²) in [6, 6.07) is 5.56. The number of nitrogens with one attached hydrogen (secondary N) is 1. The Balaban J connectivity index is 1.92. The highest BCUT2D eigenvalue weighted by Crippen LogP contribution is 2.21. The first-order valence-electron chi connectivity index (χ1n) is 7.38. The number of nitrogens with zero attached hydrogens (tertiary/aromatic N) is 1. The quantitative estimate of drug-likeness (QED) is 0.925. The van der Waals surface area contributed by atoms with Gasteiger partial charge in [0.15, 0.2) is 0 Å². The Morgan fingerprint density at radius 1 is 1.40 bits per heavy atom. The van der Waals surface area contributed by atoms with Gasteiger partial charge < -0.3 is 10.2 Å². The van der Waals surface area contributed by atoms with Gasteiger partial charge in [-0.05, 0) is 56.5 Å². The molecule has 4 heteroatoms. The second-order valence-corrected chi connectivity index (χ2v) is 5.91. The molecule has 1 N–H and O–H groups in total. The molecule has 0 saturated carbocycles. The molecule has 0 aromatic heterocycles. The molecule has 0 unspecified atom stereocenters. The highest BCUT2D eigenvalue weighted by Gasteiger charge is 2.23. The summed E-state index contributed by atoms with van der Waals surface area (Å²) in [6.45, 7) is 7.85. The number of rotatable bonds is 4. The lowest BCUT2D eigenvalue weighted by Crippen LogP contribution is -2.40. The Morgan fingerprint density at radius 2 is 2.10 bits per heavy atom. The summed E-state index contributed by atoms with van der Waals surface area (Å²) < 4.78 is 0. The summed E-state index contributed by atoms with van der Waals surface area (Å²) in [6.07, 6.45) is 2.16. The number of piperidine rings is 1. The van der Waals surface area contributed by atoms with Crippen molar-refractivity contribution in [3.8, 4) is 0 Å². The van der Waals surface area contributed by atoms with Gasteiger partial charge in [0.2, 0.25) is 0 Å². The van der Waals surface area contributed by atoms with Crippen LogP contribution in [-0.4, -0.2) is 37.0 Å². The van der Waals surface area contributed by atoms with E-state index in [1.807, 2.05) is 24.0 Å². The van der Waals surface area contributed by atoms with Gasteiger partial charge in [0.1, 0.15) is 0 Å². The molecule has 1 saturated heterocycles. The summed E-state index contributed by atoms with van der Waals surface area (Å²) in [5.74, 6) is 0.800. The molecule has 0 radical (unpaired) electrons. The van der Waals surface area contributed by atoms with Crippen molar-refractivity contribution in [1.29, 1.82) is 0 Å². The van der Waals surface area contributed by atoms with Gasteiger partial charge in [-0.15, -0.1) is 0 Å². The molecule has 1 aromatic rings. The third kappa shape index (κ3) is 3.74. The van der Waals surface area contributed by atoms with E-state index in [0.29, 0.717) is 16.5 Å². The molecule has 20 heavy (non-hydrogen) atoms. The molecule has 1 aliphatic heterocycles. The van der Waals surface area contributed by atoms with Crippen molar-refractivity contribution in [2.24, 2.45) is 5.92 Å². The maximum absolute atomic E-state index is 12.4. The van der Waals surface area contributed by atoms with Crippen molar-refractivity contribution >= 4 is 17.5 Å². The zero-order chi connectivity index (χ0) is 14.5. The van der Waals surface area contributed by atoms with E-state index in [4.69, 9.17) is 11.6 Å². The minimum absolute atomic E-state index is 0.105. The maximum atomic E-state index is 12.4. The van der Waals surface area contributed by atoms with Crippen LogP contribution in [0.25, 0.3) is 0 Å². The molecule has 0 bridgehead atoms. The lowest BCUT2D eigenvalue weighted by Gasteiger charge is -2.32. The van der Waals surface area contributed by atoms with Gasteiger partial charge in [0.05, 0.1) is 0 Å². The van der Waals surface area contributed by atoms with Crippen LogP contribution >= 0.6 is 11.6 Å². The van der Waals surface area contributed by atoms with Crippen molar-refractivity contribution in [1.82, 2.24) is 10.2 Å². The first-order valence-corrected chi connectivity index (χ1v) is 7.75. The Labute approximate surface area is 126 Å². The number of hydrogen-bond donors (Lipinski definition) is 1. The zero-order valence-corrected chi connectivity index (χ0v) is 13.0. The molecular formula is C16H23ClN2O. The summed E-state index contributed by atoms with van der Waals surface area (Å²) in [5, 5.41) is 4.05. The summed E-state index contributed by atoms with van der Waals surface area (Å²) in [4.78, 5) is 14.4. The fourth-order valence-electron chi connectivity index (χ4n) is 2.60. The van der Waals surface area contributed by atoms with E-state index in [-0.39, 0.29) is 5.91 Å². The van der Waals surface area contributed by atoms with Crippen LogP contribution in [0.1, 0.15) is 35.7 Å². The van der Waals surface area contributed by atoms with Gasteiger partial charge in [-0.25, -0.2) is 0 Å². The summed E-state index contributed by atoms with van der Waals surface area (Å²) >= 11 is 6.10. The van der Waals surface area contributed by atoms with E-state index in [0.717, 1.165) is 44.6 Å². The number of aryl methyl sites for hydroxylation is 1. The number of likely N-dealkylation sites (tertiary alicyclic amines) is 1. The first kappa shape index (κ1) is 15.3. The molecule has 0 spiro atoms. The number of halogens is 1. The van der Waals surface area contributed by atoms with Gasteiger partial charge in [-0.2, -0.15) is 0 Å². The molecule has 1 heterocycles. The largest absolute Gasteiger partial charge is 0.339 e. The molecule has 110 valence electrons. The van der Waals surface area contributed by atoms with Crippen molar-refractivity contribution in [3.05, 3.63) is 34.3 Å². The zero-order valence-electron chi connectivity index (χ0n) is 12.3. The third-order valence-corrected chi connectivity index (χ3v) is 4.41. The van der Waals surface area contributed by atoms with Crippen molar-refractivity contribution < 1.29 is 4.79 Å². The molecule has 1 aromatic carbocycles. The second kappa shape index (κ2) is 7.09. The van der Waals surface area contributed by atoms with Crippen LogP contribution in [0.5, 0.6) is 0 Å². The molecule has 1 fully saturated rings. The number of benzene rings is 1. The molecular weight excluding hydrogens is 272 g/mol. The minimum atomic E-state index is 0.105. The smallest absolute Gasteiger partial charge is 0.253 e. The van der Waals surface area contributed by atoms with Crippen LogP contribution in [0.15, 0.2) is 18.2 Å². The van der Waals surface area contributed by atoms with Gasteiger partial charge >= 0.3 is 0 Å². The van der Waals surface area contributed by atoms with E-state index in [1.54, 1.807) is 6.07 Å². The minimum Gasteiger partial charge on any atom is -0.339 e. The fourth-order valence-corrected chi connectivity index (χ4v) is 2.78. The van der Waals surface area contributed by atoms with Gasteiger partial charge in [0, 0.05) is 23.7 Å². The molecule has 1 aliphatic rings. The third-order valence-electron chi connectivity index (χ3n) is 4.00. The average Bonchev–Trinajstić information content (AvgIpc) is 2.48. The Bertz CT molecular complexity index is 468. The van der Waals surface area contributed by atoms with Crippen LogP contribution in [0.4, 0.5) is 0 Å². The van der Waals surface area contributed by atoms with Crippen LogP contribution in [0.2, 0.25) is 5.02 Å². The maximum Gasteiger partial charge on any atom is 0.253 e. The van der Waals surface area contributed by atoms with Gasteiger partial charge in [-0.1, -0.05) is 24.6 Å². The molecule has 2 rings (SSSR count). The van der Waals surface area contributed by atoms with Crippen molar-refractivity contribution in [2.45, 2.75) is 26.7 Å². The lowest BCUT2D eigenvalue weighted by molar-refractivity contribution is 0.0690. The van der Waals surface area contributed by atoms with Gasteiger partial charge in [-0.3, -0.25) is 4.79 Å². The molecule has 0 atom stereocenters. The fraction of sp³-hybridized carbons (Fsp3) is 0.562. The Morgan fingerprint density at radius 3 is 2.70 bits per heavy atom. The molecule has 1 amide bonds. The van der Waals surface area contributed by atoms with E-state index < -0.39 is 0 Å². The van der Waals surface area contributed by atoms with E-state index in [9.17, 15) is 4.79 Å². The number of amides is 1. The number of carbonyl (C=O) groups is 1. The first-order chi connectivity index (χ1) is 9.61. The SMILES string of the molecule is CCNCC1CCN(C(=O)c2ccc(C)c(Cl)c2)CC1. The second-order valence-electron chi connectivity index (χ2n) is 5.51. The monoisotopic (exact) mass is 294 g/mol. The standard InChI is InChI=1S/C16H23ClN2O/c1-3-18-11-13-6-8-19(9-7-13)16(20)14-5-4-12(2)15(17)10-14/h4-5,10,13,18H,3,6-9,11H2,1-2H3. The molecule has 3 nitrogen and oxygen atoms in total. The van der Waals surface area contributed by atoms with Crippen LogP contribution in [0, 0.1) is 12.8 Å². The van der Waals surface area contributed by atoms with E-state index >= 15 is 0 Å². The van der Waals surface area contributed by atoms with Gasteiger partial charge in [0.25, 0.3) is 5.91 Å². The normalized spacial score (nSPS) is 16.4.